The SMILES string of the molecule is CC(=O)N1CC(c2ccc(OC(F)F)c(OCC3CC3)c2)C[C@@H]1C(=O)N1Cc2ccc(C(=O)O)cc2C1. The fourth-order valence-corrected chi connectivity index (χ4v) is 5.13. The van der Waals surface area contributed by atoms with Gasteiger partial charge in [0.25, 0.3) is 0 Å². The van der Waals surface area contributed by atoms with E-state index in [1.807, 2.05) is 0 Å². The predicted molar refractivity (Wildman–Crippen MR) is 127 cm³/mol. The van der Waals surface area contributed by atoms with Crippen LogP contribution in [-0.4, -0.2) is 58.5 Å². The Kier molecular flexibility index (Phi) is 6.74. The van der Waals surface area contributed by atoms with Gasteiger partial charge in [-0.2, -0.15) is 8.78 Å². The van der Waals surface area contributed by atoms with Gasteiger partial charge in [-0.1, -0.05) is 12.1 Å². The number of halogens is 2. The minimum atomic E-state index is -2.98. The van der Waals surface area contributed by atoms with E-state index in [2.05, 4.69) is 4.74 Å². The average molecular weight is 515 g/mol. The second-order valence-corrected chi connectivity index (χ2v) is 9.94. The molecule has 2 fully saturated rings. The summed E-state index contributed by atoms with van der Waals surface area (Å²) in [5.74, 6) is -1.03. The lowest BCUT2D eigenvalue weighted by atomic mass is 9.95. The number of carbonyl (C=O) groups excluding carboxylic acids is 2. The Hall–Kier alpha value is -3.69. The van der Waals surface area contributed by atoms with Crippen LogP contribution in [0.3, 0.4) is 0 Å². The Morgan fingerprint density at radius 1 is 1.05 bits per heavy atom. The van der Waals surface area contributed by atoms with E-state index in [-0.39, 0.29) is 41.3 Å². The quantitative estimate of drug-likeness (QED) is 0.572. The number of fused-ring (bicyclic) bond motifs is 1. The van der Waals surface area contributed by atoms with Crippen LogP contribution in [0.25, 0.3) is 0 Å². The van der Waals surface area contributed by atoms with Crippen LogP contribution in [-0.2, 0) is 22.7 Å². The van der Waals surface area contributed by atoms with E-state index in [0.29, 0.717) is 32.0 Å². The molecule has 3 aliphatic rings. The number of amides is 2. The monoisotopic (exact) mass is 514 g/mol. The number of aromatic carboxylic acids is 1. The van der Waals surface area contributed by atoms with Crippen LogP contribution in [0.15, 0.2) is 36.4 Å². The molecule has 2 amide bonds. The molecule has 1 saturated heterocycles. The van der Waals surface area contributed by atoms with Crippen LogP contribution >= 0.6 is 0 Å². The van der Waals surface area contributed by atoms with Crippen molar-refractivity contribution < 1.29 is 37.7 Å². The fraction of sp³-hybridized carbons (Fsp3) is 0.444. The topological polar surface area (TPSA) is 96.4 Å². The van der Waals surface area contributed by atoms with Crippen molar-refractivity contribution >= 4 is 17.8 Å². The second-order valence-electron chi connectivity index (χ2n) is 9.94. The second kappa shape index (κ2) is 9.99. The maximum atomic E-state index is 13.5. The zero-order valence-electron chi connectivity index (χ0n) is 20.4. The number of nitrogens with zero attached hydrogens (tertiary/aromatic N) is 2. The van der Waals surface area contributed by atoms with E-state index in [0.717, 1.165) is 29.5 Å². The average Bonchev–Trinajstić information content (AvgIpc) is 3.41. The van der Waals surface area contributed by atoms with Gasteiger partial charge in [0.05, 0.1) is 12.2 Å². The number of alkyl halides is 2. The van der Waals surface area contributed by atoms with Crippen LogP contribution < -0.4 is 9.47 Å². The molecule has 0 aromatic heterocycles. The van der Waals surface area contributed by atoms with Crippen molar-refractivity contribution in [2.75, 3.05) is 13.2 Å². The Balaban J connectivity index is 1.33. The summed E-state index contributed by atoms with van der Waals surface area (Å²) in [6.45, 7) is -0.197. The summed E-state index contributed by atoms with van der Waals surface area (Å²) in [5, 5.41) is 9.26. The van der Waals surface area contributed by atoms with Gasteiger partial charge in [0.15, 0.2) is 11.5 Å². The number of hydrogen-bond donors (Lipinski definition) is 1. The van der Waals surface area contributed by atoms with Gasteiger partial charge in [-0.15, -0.1) is 0 Å². The molecule has 0 radical (unpaired) electrons. The summed E-state index contributed by atoms with van der Waals surface area (Å²) in [5.41, 5.74) is 2.61. The minimum Gasteiger partial charge on any atom is -0.489 e. The third-order valence-electron chi connectivity index (χ3n) is 7.30. The Morgan fingerprint density at radius 3 is 2.49 bits per heavy atom. The molecule has 37 heavy (non-hydrogen) atoms. The van der Waals surface area contributed by atoms with Crippen LogP contribution in [0.1, 0.15) is 59.2 Å². The van der Waals surface area contributed by atoms with E-state index < -0.39 is 18.6 Å². The van der Waals surface area contributed by atoms with E-state index in [4.69, 9.17) is 4.74 Å². The molecule has 5 rings (SSSR count). The molecule has 2 aromatic carbocycles. The first-order valence-corrected chi connectivity index (χ1v) is 12.3. The first kappa shape index (κ1) is 25.0. The smallest absolute Gasteiger partial charge is 0.387 e. The molecular formula is C27H28F2N2O6. The lowest BCUT2D eigenvalue weighted by molar-refractivity contribution is -0.143. The summed E-state index contributed by atoms with van der Waals surface area (Å²) in [6.07, 6.45) is 2.47. The standard InChI is InChI=1S/C27H28F2N2O6/c1-15(32)31-13-21(17-6-7-23(37-27(28)29)24(10-17)36-14-16-2-3-16)9-22(31)25(33)30-11-19-5-4-18(26(34)35)8-20(19)12-30/h4-8,10,16,21-22,27H,2-3,9,11-14H2,1H3,(H,34,35)/t21?,22-/m1/s1. The highest BCUT2D eigenvalue weighted by Gasteiger charge is 2.42. The highest BCUT2D eigenvalue weighted by Crippen LogP contribution is 2.39. The van der Waals surface area contributed by atoms with Crippen LogP contribution in [0.2, 0.25) is 0 Å². The number of carbonyl (C=O) groups is 3. The third kappa shape index (κ3) is 5.38. The molecule has 1 N–H and O–H groups in total. The van der Waals surface area contributed by atoms with Crippen molar-refractivity contribution in [3.63, 3.8) is 0 Å². The molecule has 1 aliphatic carbocycles. The Bertz CT molecular complexity index is 1230. The summed E-state index contributed by atoms with van der Waals surface area (Å²) >= 11 is 0. The Morgan fingerprint density at radius 2 is 1.81 bits per heavy atom. The van der Waals surface area contributed by atoms with Gasteiger partial charge in [0.1, 0.15) is 6.04 Å². The van der Waals surface area contributed by atoms with Crippen molar-refractivity contribution in [3.05, 3.63) is 58.7 Å². The Labute approximate surface area is 212 Å². The van der Waals surface area contributed by atoms with Gasteiger partial charge in [0.2, 0.25) is 11.8 Å². The zero-order chi connectivity index (χ0) is 26.3. The van der Waals surface area contributed by atoms with E-state index >= 15 is 0 Å². The van der Waals surface area contributed by atoms with Crippen molar-refractivity contribution in [1.29, 1.82) is 0 Å². The summed E-state index contributed by atoms with van der Waals surface area (Å²) < 4.78 is 36.3. The number of hydrogen-bond acceptors (Lipinski definition) is 5. The lowest BCUT2D eigenvalue weighted by Crippen LogP contribution is -2.45. The largest absolute Gasteiger partial charge is 0.489 e. The number of likely N-dealkylation sites (tertiary alicyclic amines) is 1. The van der Waals surface area contributed by atoms with Crippen molar-refractivity contribution in [2.45, 2.75) is 57.8 Å². The maximum Gasteiger partial charge on any atom is 0.387 e. The van der Waals surface area contributed by atoms with Gasteiger partial charge in [-0.25, -0.2) is 4.79 Å². The normalized spacial score (nSPS) is 20.8. The predicted octanol–water partition coefficient (Wildman–Crippen LogP) is 4.02. The van der Waals surface area contributed by atoms with Crippen LogP contribution in [0, 0.1) is 5.92 Å². The number of rotatable bonds is 8. The molecule has 2 atom stereocenters. The lowest BCUT2D eigenvalue weighted by Gasteiger charge is -2.26. The molecule has 2 aliphatic heterocycles. The molecular weight excluding hydrogens is 486 g/mol. The molecule has 1 unspecified atom stereocenters. The molecule has 10 heteroatoms. The highest BCUT2D eigenvalue weighted by atomic mass is 19.3. The molecule has 0 spiro atoms. The number of carboxylic acid groups (broad SMARTS) is 1. The van der Waals surface area contributed by atoms with E-state index in [1.54, 1.807) is 34.1 Å². The first-order valence-electron chi connectivity index (χ1n) is 12.3. The van der Waals surface area contributed by atoms with E-state index in [9.17, 15) is 28.3 Å². The summed E-state index contributed by atoms with van der Waals surface area (Å²) in [7, 11) is 0. The van der Waals surface area contributed by atoms with Crippen molar-refractivity contribution in [1.82, 2.24) is 9.80 Å². The van der Waals surface area contributed by atoms with Gasteiger partial charge in [-0.05, 0) is 66.1 Å². The van der Waals surface area contributed by atoms with Crippen molar-refractivity contribution in [2.24, 2.45) is 5.92 Å². The molecule has 196 valence electrons. The van der Waals surface area contributed by atoms with Gasteiger partial charge in [-0.3, -0.25) is 9.59 Å². The molecule has 0 bridgehead atoms. The van der Waals surface area contributed by atoms with Gasteiger partial charge < -0.3 is 24.4 Å². The molecule has 2 aromatic rings. The summed E-state index contributed by atoms with van der Waals surface area (Å²) in [4.78, 5) is 40.5. The van der Waals surface area contributed by atoms with Crippen LogP contribution in [0.5, 0.6) is 11.5 Å². The minimum absolute atomic E-state index is 0.0380. The van der Waals surface area contributed by atoms with Crippen molar-refractivity contribution in [3.8, 4) is 11.5 Å². The highest BCUT2D eigenvalue weighted by molar-refractivity contribution is 5.89. The first-order chi connectivity index (χ1) is 17.7. The number of benzene rings is 2. The number of carboxylic acids is 1. The third-order valence-corrected chi connectivity index (χ3v) is 7.30. The van der Waals surface area contributed by atoms with E-state index in [1.165, 1.54) is 19.1 Å². The molecule has 8 nitrogen and oxygen atoms in total. The zero-order valence-corrected chi connectivity index (χ0v) is 20.4. The van der Waals surface area contributed by atoms with Crippen LogP contribution in [0.4, 0.5) is 8.78 Å². The molecule has 1 saturated carbocycles. The molecule has 2 heterocycles. The summed E-state index contributed by atoms with van der Waals surface area (Å²) in [6, 6.07) is 8.95. The fourth-order valence-electron chi connectivity index (χ4n) is 5.13. The number of ether oxygens (including phenoxy) is 2. The maximum absolute atomic E-state index is 13.5. The van der Waals surface area contributed by atoms with Gasteiger partial charge >= 0.3 is 12.6 Å². The van der Waals surface area contributed by atoms with Gasteiger partial charge in [0, 0.05) is 32.5 Å².